The van der Waals surface area contributed by atoms with Crippen molar-refractivity contribution in [3.8, 4) is 0 Å². The molecule has 2 aromatic carbocycles. The third-order valence-electron chi connectivity index (χ3n) is 2.55. The smallest absolute Gasteiger partial charge is 0.135 e. The van der Waals surface area contributed by atoms with Gasteiger partial charge in [-0.25, -0.2) is 4.39 Å². The number of benzene rings is 2. The maximum atomic E-state index is 13.6. The van der Waals surface area contributed by atoms with Crippen molar-refractivity contribution in [1.82, 2.24) is 0 Å². The maximum absolute atomic E-state index is 13.6. The zero-order valence-corrected chi connectivity index (χ0v) is 11.6. The molecular formula is C14H12ClFN2S. The van der Waals surface area contributed by atoms with Crippen LogP contribution in [0, 0.1) is 11.2 Å². The van der Waals surface area contributed by atoms with Gasteiger partial charge in [0.05, 0.1) is 5.56 Å². The van der Waals surface area contributed by atoms with Crippen molar-refractivity contribution < 1.29 is 4.39 Å². The fourth-order valence-corrected chi connectivity index (χ4v) is 2.79. The molecule has 3 N–H and O–H groups in total. The Bertz CT molecular complexity index is 599. The van der Waals surface area contributed by atoms with E-state index in [1.54, 1.807) is 12.1 Å². The van der Waals surface area contributed by atoms with Gasteiger partial charge in [-0.2, -0.15) is 0 Å². The van der Waals surface area contributed by atoms with Crippen LogP contribution < -0.4 is 5.73 Å². The van der Waals surface area contributed by atoms with Crippen LogP contribution in [0.4, 0.5) is 4.39 Å². The predicted octanol–water partition coefficient (Wildman–Crippen LogP) is 4.06. The van der Waals surface area contributed by atoms with E-state index in [0.717, 1.165) is 5.56 Å². The second-order valence-electron chi connectivity index (χ2n) is 3.94. The zero-order valence-electron chi connectivity index (χ0n) is 9.99. The molecule has 0 unspecified atom stereocenters. The highest BCUT2D eigenvalue weighted by Gasteiger charge is 2.11. The van der Waals surface area contributed by atoms with Crippen LogP contribution in [0.3, 0.4) is 0 Å². The molecule has 98 valence electrons. The lowest BCUT2D eigenvalue weighted by molar-refractivity contribution is 0.621. The van der Waals surface area contributed by atoms with E-state index >= 15 is 0 Å². The van der Waals surface area contributed by atoms with Crippen LogP contribution in [-0.2, 0) is 5.75 Å². The lowest BCUT2D eigenvalue weighted by atomic mass is 10.2. The van der Waals surface area contributed by atoms with E-state index in [1.807, 2.05) is 24.3 Å². The normalized spacial score (nSPS) is 10.4. The van der Waals surface area contributed by atoms with Gasteiger partial charge in [0.2, 0.25) is 0 Å². The number of hydrogen-bond donors (Lipinski definition) is 2. The molecule has 0 radical (unpaired) electrons. The summed E-state index contributed by atoms with van der Waals surface area (Å²) in [6, 6.07) is 12.2. The van der Waals surface area contributed by atoms with Crippen molar-refractivity contribution in [1.29, 1.82) is 5.41 Å². The molecule has 0 aromatic heterocycles. The highest BCUT2D eigenvalue weighted by atomic mass is 35.5. The van der Waals surface area contributed by atoms with Crippen LogP contribution in [0.25, 0.3) is 0 Å². The summed E-state index contributed by atoms with van der Waals surface area (Å²) in [7, 11) is 0. The van der Waals surface area contributed by atoms with E-state index in [9.17, 15) is 4.39 Å². The van der Waals surface area contributed by atoms with Crippen molar-refractivity contribution in [3.63, 3.8) is 0 Å². The summed E-state index contributed by atoms with van der Waals surface area (Å²) in [6.07, 6.45) is 0. The van der Waals surface area contributed by atoms with Crippen molar-refractivity contribution >= 4 is 29.2 Å². The van der Waals surface area contributed by atoms with E-state index in [1.165, 1.54) is 17.8 Å². The monoisotopic (exact) mass is 294 g/mol. The first kappa shape index (κ1) is 13.9. The molecule has 2 rings (SSSR count). The minimum atomic E-state index is -0.464. The molecule has 0 spiro atoms. The van der Waals surface area contributed by atoms with E-state index in [4.69, 9.17) is 22.7 Å². The summed E-state index contributed by atoms with van der Waals surface area (Å²) in [5.41, 5.74) is 6.66. The van der Waals surface area contributed by atoms with Crippen LogP contribution in [0.5, 0.6) is 0 Å². The van der Waals surface area contributed by atoms with Gasteiger partial charge in [-0.05, 0) is 29.8 Å². The molecule has 2 aromatic rings. The Balaban J connectivity index is 2.18. The molecule has 0 bridgehead atoms. The quantitative estimate of drug-likeness (QED) is 0.507. The van der Waals surface area contributed by atoms with E-state index in [-0.39, 0.29) is 11.4 Å². The third-order valence-corrected chi connectivity index (χ3v) is 3.93. The number of nitrogen functional groups attached to an aromatic ring is 1. The highest BCUT2D eigenvalue weighted by Crippen LogP contribution is 2.28. The van der Waals surface area contributed by atoms with E-state index in [0.29, 0.717) is 15.7 Å². The van der Waals surface area contributed by atoms with Crippen LogP contribution in [-0.4, -0.2) is 5.84 Å². The molecule has 0 saturated heterocycles. The van der Waals surface area contributed by atoms with E-state index in [2.05, 4.69) is 0 Å². The summed E-state index contributed by atoms with van der Waals surface area (Å²) in [6.45, 7) is 0. The first-order valence-electron chi connectivity index (χ1n) is 5.58. The molecule has 5 heteroatoms. The Morgan fingerprint density at radius 2 is 1.89 bits per heavy atom. The molecule has 0 aliphatic carbocycles. The zero-order chi connectivity index (χ0) is 13.8. The molecule has 0 heterocycles. The van der Waals surface area contributed by atoms with Crippen molar-refractivity contribution in [2.24, 2.45) is 5.73 Å². The standard InChI is InChI=1S/C14H12ClFN2S/c15-10-6-4-9(5-7-10)8-19-12-3-1-2-11(16)13(12)14(17)18/h1-7H,8H2,(H3,17,18). The molecule has 0 aliphatic heterocycles. The van der Waals surface area contributed by atoms with Gasteiger partial charge in [-0.15, -0.1) is 11.8 Å². The van der Waals surface area contributed by atoms with Gasteiger partial charge >= 0.3 is 0 Å². The molecule has 0 atom stereocenters. The first-order valence-corrected chi connectivity index (χ1v) is 6.94. The molecule has 0 fully saturated rings. The molecule has 0 aliphatic rings. The van der Waals surface area contributed by atoms with Crippen LogP contribution in [0.2, 0.25) is 5.02 Å². The minimum Gasteiger partial charge on any atom is -0.384 e. The molecular weight excluding hydrogens is 283 g/mol. The highest BCUT2D eigenvalue weighted by molar-refractivity contribution is 7.98. The number of nitrogens with two attached hydrogens (primary N) is 1. The van der Waals surface area contributed by atoms with Gasteiger partial charge in [0, 0.05) is 15.7 Å². The second-order valence-corrected chi connectivity index (χ2v) is 5.40. The third kappa shape index (κ3) is 3.49. The van der Waals surface area contributed by atoms with Gasteiger partial charge in [0.25, 0.3) is 0 Å². The Kier molecular flexibility index (Phi) is 4.45. The van der Waals surface area contributed by atoms with Crippen molar-refractivity contribution in [2.75, 3.05) is 0 Å². The first-order chi connectivity index (χ1) is 9.08. The SMILES string of the molecule is N=C(N)c1c(F)cccc1SCc1ccc(Cl)cc1. The largest absolute Gasteiger partial charge is 0.384 e. The van der Waals surface area contributed by atoms with Crippen molar-refractivity contribution in [3.05, 3.63) is 64.4 Å². The lowest BCUT2D eigenvalue weighted by Crippen LogP contribution is -2.14. The van der Waals surface area contributed by atoms with Gasteiger partial charge < -0.3 is 5.73 Å². The fraction of sp³-hybridized carbons (Fsp3) is 0.0714. The topological polar surface area (TPSA) is 49.9 Å². The van der Waals surface area contributed by atoms with E-state index < -0.39 is 5.82 Å². The Morgan fingerprint density at radius 1 is 1.21 bits per heavy atom. The summed E-state index contributed by atoms with van der Waals surface area (Å²) >= 11 is 7.26. The number of amidine groups is 1. The fourth-order valence-electron chi connectivity index (χ4n) is 1.63. The number of halogens is 2. The molecule has 0 saturated carbocycles. The number of rotatable bonds is 4. The summed E-state index contributed by atoms with van der Waals surface area (Å²) in [5.74, 6) is -0.0497. The molecule has 2 nitrogen and oxygen atoms in total. The second kappa shape index (κ2) is 6.08. The Morgan fingerprint density at radius 3 is 2.53 bits per heavy atom. The Labute approximate surface area is 120 Å². The average Bonchev–Trinajstić information content (AvgIpc) is 2.37. The number of nitrogens with one attached hydrogen (secondary N) is 1. The number of hydrogen-bond acceptors (Lipinski definition) is 2. The van der Waals surface area contributed by atoms with Gasteiger partial charge in [0.15, 0.2) is 0 Å². The van der Waals surface area contributed by atoms with Crippen LogP contribution in [0.1, 0.15) is 11.1 Å². The van der Waals surface area contributed by atoms with Crippen LogP contribution >= 0.6 is 23.4 Å². The summed E-state index contributed by atoms with van der Waals surface area (Å²) in [5, 5.41) is 8.12. The maximum Gasteiger partial charge on any atom is 0.135 e. The lowest BCUT2D eigenvalue weighted by Gasteiger charge is -2.09. The summed E-state index contributed by atoms with van der Waals surface area (Å²) in [4.78, 5) is 0.669. The Hall–Kier alpha value is -1.52. The number of thioether (sulfide) groups is 1. The molecule has 0 amide bonds. The van der Waals surface area contributed by atoms with Crippen molar-refractivity contribution in [2.45, 2.75) is 10.6 Å². The summed E-state index contributed by atoms with van der Waals surface area (Å²) < 4.78 is 13.6. The van der Waals surface area contributed by atoms with Gasteiger partial charge in [-0.3, -0.25) is 5.41 Å². The average molecular weight is 295 g/mol. The predicted molar refractivity (Wildman–Crippen MR) is 78.4 cm³/mol. The van der Waals surface area contributed by atoms with Gasteiger partial charge in [0.1, 0.15) is 11.7 Å². The molecule has 19 heavy (non-hydrogen) atoms. The van der Waals surface area contributed by atoms with Crippen LogP contribution in [0.15, 0.2) is 47.4 Å². The minimum absolute atomic E-state index is 0.168. The van der Waals surface area contributed by atoms with Gasteiger partial charge in [-0.1, -0.05) is 29.8 Å².